The maximum atomic E-state index is 13.3. The number of likely N-dealkylation sites (tertiary alicyclic amines) is 1. The highest BCUT2D eigenvalue weighted by Gasteiger charge is 2.32. The number of rotatable bonds is 4. The van der Waals surface area contributed by atoms with Gasteiger partial charge in [-0.3, -0.25) is 9.58 Å². The van der Waals surface area contributed by atoms with Crippen LogP contribution in [-0.4, -0.2) is 32.9 Å². The van der Waals surface area contributed by atoms with Crippen LogP contribution in [0.3, 0.4) is 0 Å². The summed E-state index contributed by atoms with van der Waals surface area (Å²) < 4.78 is 15.0. The lowest BCUT2D eigenvalue weighted by Crippen LogP contribution is -2.28. The Morgan fingerprint density at radius 3 is 2.91 bits per heavy atom. The Morgan fingerprint density at radius 2 is 2.26 bits per heavy atom. The largest absolute Gasteiger partial charge is 0.387 e. The normalized spacial score (nSPS) is 20.1. The van der Waals surface area contributed by atoms with Gasteiger partial charge in [-0.1, -0.05) is 23.7 Å². The SMILES string of the molecule is Cc1nn(C)c(Cl)c1C1CCCN1CC(O)c1cccc(F)c1. The van der Waals surface area contributed by atoms with Crippen molar-refractivity contribution in [1.29, 1.82) is 0 Å². The third-order valence-corrected chi connectivity index (χ3v) is 4.98. The van der Waals surface area contributed by atoms with Crippen molar-refractivity contribution >= 4 is 11.6 Å². The fraction of sp³-hybridized carbons (Fsp3) is 0.471. The Labute approximate surface area is 140 Å². The summed E-state index contributed by atoms with van der Waals surface area (Å²) in [5, 5.41) is 15.5. The number of hydrogen-bond donors (Lipinski definition) is 1. The first-order valence-corrected chi connectivity index (χ1v) is 8.21. The van der Waals surface area contributed by atoms with E-state index in [1.807, 2.05) is 14.0 Å². The Hall–Kier alpha value is -1.43. The minimum atomic E-state index is -0.720. The Kier molecular flexibility index (Phi) is 4.71. The summed E-state index contributed by atoms with van der Waals surface area (Å²) >= 11 is 6.40. The van der Waals surface area contributed by atoms with Gasteiger partial charge in [-0.25, -0.2) is 4.39 Å². The van der Waals surface area contributed by atoms with Crippen LogP contribution in [0.25, 0.3) is 0 Å². The lowest BCUT2D eigenvalue weighted by molar-refractivity contribution is 0.106. The predicted octanol–water partition coefficient (Wildman–Crippen LogP) is 3.39. The Balaban J connectivity index is 1.79. The number of aromatic nitrogens is 2. The first kappa shape index (κ1) is 16.4. The number of hydrogen-bond acceptors (Lipinski definition) is 3. The minimum absolute atomic E-state index is 0.152. The van der Waals surface area contributed by atoms with Crippen LogP contribution in [0.15, 0.2) is 24.3 Å². The average Bonchev–Trinajstić information content (AvgIpc) is 3.04. The molecule has 0 radical (unpaired) electrons. The molecule has 2 heterocycles. The second-order valence-corrected chi connectivity index (χ2v) is 6.50. The van der Waals surface area contributed by atoms with Crippen LogP contribution in [0.4, 0.5) is 4.39 Å². The van der Waals surface area contributed by atoms with E-state index < -0.39 is 6.10 Å². The molecule has 2 atom stereocenters. The van der Waals surface area contributed by atoms with E-state index in [9.17, 15) is 9.50 Å². The highest BCUT2D eigenvalue weighted by molar-refractivity contribution is 6.30. The smallest absolute Gasteiger partial charge is 0.131 e. The summed E-state index contributed by atoms with van der Waals surface area (Å²) in [5.41, 5.74) is 2.57. The molecule has 1 aliphatic rings. The molecule has 3 rings (SSSR count). The molecule has 2 aromatic rings. The maximum absolute atomic E-state index is 13.3. The van der Waals surface area contributed by atoms with Gasteiger partial charge in [0.15, 0.2) is 0 Å². The van der Waals surface area contributed by atoms with Crippen molar-refractivity contribution in [3.63, 3.8) is 0 Å². The van der Waals surface area contributed by atoms with Crippen LogP contribution in [-0.2, 0) is 7.05 Å². The first-order chi connectivity index (χ1) is 11.0. The molecule has 0 spiro atoms. The van der Waals surface area contributed by atoms with E-state index in [0.29, 0.717) is 17.3 Å². The number of β-amino-alcohol motifs (C(OH)–C–C–N with tert-alkyl or cyclic N) is 1. The zero-order valence-corrected chi connectivity index (χ0v) is 14.1. The number of nitrogens with zero attached hydrogens (tertiary/aromatic N) is 3. The molecular formula is C17H21ClFN3O. The molecule has 6 heteroatoms. The van der Waals surface area contributed by atoms with E-state index in [1.54, 1.807) is 16.8 Å². The fourth-order valence-corrected chi connectivity index (χ4v) is 3.74. The summed E-state index contributed by atoms with van der Waals surface area (Å²) in [7, 11) is 1.83. The molecule has 1 N–H and O–H groups in total. The van der Waals surface area contributed by atoms with Crippen LogP contribution in [0.1, 0.15) is 41.8 Å². The van der Waals surface area contributed by atoms with Crippen LogP contribution >= 0.6 is 11.6 Å². The quantitative estimate of drug-likeness (QED) is 0.929. The van der Waals surface area contributed by atoms with Crippen molar-refractivity contribution < 1.29 is 9.50 Å². The van der Waals surface area contributed by atoms with Gasteiger partial charge in [-0.05, 0) is 44.0 Å². The van der Waals surface area contributed by atoms with Crippen molar-refractivity contribution in [2.45, 2.75) is 31.9 Å². The molecule has 0 amide bonds. The molecule has 124 valence electrons. The fourth-order valence-electron chi connectivity index (χ4n) is 3.44. The Morgan fingerprint density at radius 1 is 1.48 bits per heavy atom. The molecule has 1 aromatic heterocycles. The summed E-state index contributed by atoms with van der Waals surface area (Å²) in [6.45, 7) is 3.31. The monoisotopic (exact) mass is 337 g/mol. The molecule has 2 unspecified atom stereocenters. The number of aliphatic hydroxyl groups is 1. The zero-order valence-electron chi connectivity index (χ0n) is 13.3. The molecule has 0 saturated carbocycles. The summed E-state index contributed by atoms with van der Waals surface area (Å²) in [5.74, 6) is -0.328. The van der Waals surface area contributed by atoms with Crippen LogP contribution < -0.4 is 0 Å². The molecule has 1 aromatic carbocycles. The van der Waals surface area contributed by atoms with E-state index in [2.05, 4.69) is 10.00 Å². The number of aliphatic hydroxyl groups excluding tert-OH is 1. The minimum Gasteiger partial charge on any atom is -0.387 e. The van der Waals surface area contributed by atoms with E-state index in [-0.39, 0.29) is 11.9 Å². The third-order valence-electron chi connectivity index (χ3n) is 4.53. The van der Waals surface area contributed by atoms with Crippen LogP contribution in [0.5, 0.6) is 0 Å². The number of aryl methyl sites for hydroxylation is 2. The molecule has 0 aliphatic carbocycles. The van der Waals surface area contributed by atoms with Crippen molar-refractivity contribution in [3.8, 4) is 0 Å². The van der Waals surface area contributed by atoms with Gasteiger partial charge >= 0.3 is 0 Å². The van der Waals surface area contributed by atoms with Crippen LogP contribution in [0.2, 0.25) is 5.15 Å². The first-order valence-electron chi connectivity index (χ1n) is 7.84. The van der Waals surface area contributed by atoms with E-state index in [0.717, 1.165) is 30.6 Å². The van der Waals surface area contributed by atoms with Crippen molar-refractivity contribution in [2.24, 2.45) is 7.05 Å². The average molecular weight is 338 g/mol. The molecule has 1 aliphatic heterocycles. The van der Waals surface area contributed by atoms with Gasteiger partial charge in [0.2, 0.25) is 0 Å². The molecule has 0 bridgehead atoms. The zero-order chi connectivity index (χ0) is 16.6. The summed E-state index contributed by atoms with van der Waals surface area (Å²) in [6.07, 6.45) is 1.31. The van der Waals surface area contributed by atoms with Gasteiger partial charge in [0, 0.05) is 25.2 Å². The highest BCUT2D eigenvalue weighted by Crippen LogP contribution is 2.38. The number of benzene rings is 1. The van der Waals surface area contributed by atoms with Gasteiger partial charge in [0.25, 0.3) is 0 Å². The summed E-state index contributed by atoms with van der Waals surface area (Å²) in [6, 6.07) is 6.30. The van der Waals surface area contributed by atoms with Gasteiger partial charge < -0.3 is 5.11 Å². The second kappa shape index (κ2) is 6.59. The molecule has 4 nitrogen and oxygen atoms in total. The predicted molar refractivity (Wildman–Crippen MR) is 87.9 cm³/mol. The molecule has 23 heavy (non-hydrogen) atoms. The second-order valence-electron chi connectivity index (χ2n) is 6.14. The Bertz CT molecular complexity index is 703. The lowest BCUT2D eigenvalue weighted by atomic mass is 10.0. The molecule has 1 fully saturated rings. The van der Waals surface area contributed by atoms with Crippen LogP contribution in [0, 0.1) is 12.7 Å². The van der Waals surface area contributed by atoms with E-state index in [1.165, 1.54) is 12.1 Å². The third kappa shape index (κ3) is 3.27. The molecule has 1 saturated heterocycles. The van der Waals surface area contributed by atoms with Gasteiger partial charge in [-0.2, -0.15) is 5.10 Å². The topological polar surface area (TPSA) is 41.3 Å². The maximum Gasteiger partial charge on any atom is 0.131 e. The van der Waals surface area contributed by atoms with Crippen molar-refractivity contribution in [1.82, 2.24) is 14.7 Å². The van der Waals surface area contributed by atoms with E-state index in [4.69, 9.17) is 11.6 Å². The highest BCUT2D eigenvalue weighted by atomic mass is 35.5. The van der Waals surface area contributed by atoms with Crippen molar-refractivity contribution in [3.05, 3.63) is 52.1 Å². The lowest BCUT2D eigenvalue weighted by Gasteiger charge is -2.27. The summed E-state index contributed by atoms with van der Waals surface area (Å²) in [4.78, 5) is 2.21. The van der Waals surface area contributed by atoms with Gasteiger partial charge in [-0.15, -0.1) is 0 Å². The molecular weight excluding hydrogens is 317 g/mol. The van der Waals surface area contributed by atoms with Gasteiger partial charge in [0.05, 0.1) is 11.8 Å². The van der Waals surface area contributed by atoms with Crippen molar-refractivity contribution in [2.75, 3.05) is 13.1 Å². The van der Waals surface area contributed by atoms with E-state index >= 15 is 0 Å². The standard InChI is InChI=1S/C17H21ClFN3O/c1-11-16(17(18)21(2)20-11)14-7-4-8-22(14)10-15(23)12-5-3-6-13(19)9-12/h3,5-6,9,14-15,23H,4,7-8,10H2,1-2H3. The van der Waals surface area contributed by atoms with Gasteiger partial charge in [0.1, 0.15) is 11.0 Å². The number of halogens is 2.